The molecule has 0 spiro atoms. The molecule has 0 radical (unpaired) electrons. The predicted molar refractivity (Wildman–Crippen MR) is 75.0 cm³/mol. The Kier molecular flexibility index (Phi) is 5.79. The van der Waals surface area contributed by atoms with Crippen LogP contribution in [-0.2, 0) is 14.9 Å². The van der Waals surface area contributed by atoms with Crippen LogP contribution in [0, 0.1) is 6.92 Å². The molecule has 0 aliphatic rings. The van der Waals surface area contributed by atoms with Gasteiger partial charge in [0.2, 0.25) is 0 Å². The Morgan fingerprint density at radius 2 is 2.11 bits per heavy atom. The van der Waals surface area contributed by atoms with E-state index in [0.29, 0.717) is 6.61 Å². The van der Waals surface area contributed by atoms with Crippen LogP contribution in [0.15, 0.2) is 5.51 Å². The molecule has 1 aromatic rings. The number of carbonyl (C=O) groups excluding carboxylic acids is 1. The zero-order chi connectivity index (χ0) is 13.6. The molecule has 0 unspecified atom stereocenters. The molecule has 0 fully saturated rings. The molecule has 1 rings (SSSR count). The molecule has 102 valence electrons. The Labute approximate surface area is 114 Å². The zero-order valence-electron chi connectivity index (χ0n) is 11.8. The van der Waals surface area contributed by atoms with Gasteiger partial charge in [0.25, 0.3) is 0 Å². The minimum Gasteiger partial charge on any atom is -0.465 e. The molecule has 0 saturated heterocycles. The van der Waals surface area contributed by atoms with Gasteiger partial charge in [-0.2, -0.15) is 0 Å². The second-order valence-electron chi connectivity index (χ2n) is 5.09. The first-order valence-electron chi connectivity index (χ1n) is 6.58. The van der Waals surface area contributed by atoms with Crippen LogP contribution >= 0.6 is 11.3 Å². The van der Waals surface area contributed by atoms with Crippen LogP contribution in [0.3, 0.4) is 0 Å². The normalized spacial score (nSPS) is 11.6. The maximum absolute atomic E-state index is 12.1. The number of unbranched alkanes of at least 4 members (excludes halogenated alkanes) is 3. The van der Waals surface area contributed by atoms with Crippen molar-refractivity contribution < 1.29 is 9.53 Å². The number of hydrogen-bond donors (Lipinski definition) is 0. The van der Waals surface area contributed by atoms with Crippen LogP contribution in [0.2, 0.25) is 0 Å². The van der Waals surface area contributed by atoms with Gasteiger partial charge in [0.1, 0.15) is 0 Å². The fourth-order valence-corrected chi connectivity index (χ4v) is 2.79. The number of rotatable bonds is 7. The van der Waals surface area contributed by atoms with Crippen molar-refractivity contribution in [2.75, 3.05) is 6.61 Å². The number of esters is 1. The molecular formula is C14H23NO2S. The largest absolute Gasteiger partial charge is 0.465 e. The summed E-state index contributed by atoms with van der Waals surface area (Å²) in [4.78, 5) is 17.3. The number of aryl methyl sites for hydroxylation is 1. The van der Waals surface area contributed by atoms with Crippen molar-refractivity contribution in [1.29, 1.82) is 0 Å². The lowest BCUT2D eigenvalue weighted by Gasteiger charge is -2.21. The molecule has 0 bridgehead atoms. The summed E-state index contributed by atoms with van der Waals surface area (Å²) in [5.74, 6) is -0.147. The van der Waals surface area contributed by atoms with Gasteiger partial charge < -0.3 is 4.74 Å². The van der Waals surface area contributed by atoms with E-state index in [1.807, 2.05) is 20.8 Å². The number of nitrogens with zero attached hydrogens (tertiary/aromatic N) is 1. The van der Waals surface area contributed by atoms with Crippen molar-refractivity contribution in [2.24, 2.45) is 0 Å². The Morgan fingerprint density at radius 3 is 2.67 bits per heavy atom. The highest BCUT2D eigenvalue weighted by Gasteiger charge is 2.34. The number of aromatic nitrogens is 1. The SMILES string of the molecule is CCCCCCOC(=O)C(C)(C)c1scnc1C. The minimum absolute atomic E-state index is 0.147. The van der Waals surface area contributed by atoms with Crippen molar-refractivity contribution >= 4 is 17.3 Å². The average Bonchev–Trinajstić information content (AvgIpc) is 2.75. The van der Waals surface area contributed by atoms with Gasteiger partial charge in [0, 0.05) is 4.88 Å². The summed E-state index contributed by atoms with van der Waals surface area (Å²) in [6.45, 7) is 8.44. The fraction of sp³-hybridized carbons (Fsp3) is 0.714. The van der Waals surface area contributed by atoms with E-state index in [1.54, 1.807) is 5.51 Å². The maximum Gasteiger partial charge on any atom is 0.316 e. The lowest BCUT2D eigenvalue weighted by molar-refractivity contribution is -0.149. The third-order valence-electron chi connectivity index (χ3n) is 3.05. The first-order valence-corrected chi connectivity index (χ1v) is 7.46. The second kappa shape index (κ2) is 6.88. The van der Waals surface area contributed by atoms with Gasteiger partial charge in [-0.3, -0.25) is 4.79 Å². The van der Waals surface area contributed by atoms with Gasteiger partial charge in [-0.05, 0) is 27.2 Å². The maximum atomic E-state index is 12.1. The predicted octanol–water partition coefficient (Wildman–Crippen LogP) is 3.85. The Bertz CT molecular complexity index is 385. The van der Waals surface area contributed by atoms with Gasteiger partial charge >= 0.3 is 5.97 Å². The van der Waals surface area contributed by atoms with E-state index in [4.69, 9.17) is 4.74 Å². The van der Waals surface area contributed by atoms with E-state index in [1.165, 1.54) is 24.2 Å². The van der Waals surface area contributed by atoms with Crippen LogP contribution in [0.4, 0.5) is 0 Å². The smallest absolute Gasteiger partial charge is 0.316 e. The number of thiazole rings is 1. The topological polar surface area (TPSA) is 39.2 Å². The third-order valence-corrected chi connectivity index (χ3v) is 4.31. The number of ether oxygens (including phenoxy) is 1. The molecule has 4 heteroatoms. The summed E-state index contributed by atoms with van der Waals surface area (Å²) in [5, 5.41) is 0. The molecular weight excluding hydrogens is 246 g/mol. The highest BCUT2D eigenvalue weighted by Crippen LogP contribution is 2.30. The molecule has 0 saturated carbocycles. The lowest BCUT2D eigenvalue weighted by atomic mass is 9.90. The summed E-state index contributed by atoms with van der Waals surface area (Å²) in [6.07, 6.45) is 4.48. The number of carbonyl (C=O) groups is 1. The van der Waals surface area contributed by atoms with E-state index in [9.17, 15) is 4.79 Å². The average molecular weight is 269 g/mol. The van der Waals surface area contributed by atoms with Crippen LogP contribution < -0.4 is 0 Å². The van der Waals surface area contributed by atoms with Crippen molar-refractivity contribution in [3.05, 3.63) is 16.1 Å². The molecule has 0 N–H and O–H groups in total. The Hall–Kier alpha value is -0.900. The third kappa shape index (κ3) is 3.80. The van der Waals surface area contributed by atoms with Crippen LogP contribution in [0.1, 0.15) is 57.0 Å². The molecule has 1 aromatic heterocycles. The van der Waals surface area contributed by atoms with Crippen LogP contribution in [0.5, 0.6) is 0 Å². The fourth-order valence-electron chi connectivity index (χ4n) is 1.87. The van der Waals surface area contributed by atoms with Crippen molar-refractivity contribution in [3.8, 4) is 0 Å². The summed E-state index contributed by atoms with van der Waals surface area (Å²) < 4.78 is 5.37. The molecule has 18 heavy (non-hydrogen) atoms. The molecule has 3 nitrogen and oxygen atoms in total. The van der Waals surface area contributed by atoms with Crippen LogP contribution in [0.25, 0.3) is 0 Å². The quantitative estimate of drug-likeness (QED) is 0.557. The van der Waals surface area contributed by atoms with E-state index in [0.717, 1.165) is 23.4 Å². The van der Waals surface area contributed by atoms with Gasteiger partial charge in [0.15, 0.2) is 0 Å². The van der Waals surface area contributed by atoms with Crippen LogP contribution in [-0.4, -0.2) is 17.6 Å². The van der Waals surface area contributed by atoms with Gasteiger partial charge in [-0.1, -0.05) is 26.2 Å². The van der Waals surface area contributed by atoms with Crippen molar-refractivity contribution in [3.63, 3.8) is 0 Å². The van der Waals surface area contributed by atoms with Crippen molar-refractivity contribution in [1.82, 2.24) is 4.98 Å². The molecule has 1 heterocycles. The lowest BCUT2D eigenvalue weighted by Crippen LogP contribution is -2.31. The Morgan fingerprint density at radius 1 is 1.39 bits per heavy atom. The summed E-state index contributed by atoms with van der Waals surface area (Å²) in [5.41, 5.74) is 2.12. The number of hydrogen-bond acceptors (Lipinski definition) is 4. The Balaban J connectivity index is 2.48. The van der Waals surface area contributed by atoms with Gasteiger partial charge in [-0.25, -0.2) is 4.98 Å². The molecule has 0 aliphatic carbocycles. The molecule has 0 atom stereocenters. The summed E-state index contributed by atoms with van der Waals surface area (Å²) in [7, 11) is 0. The molecule has 0 amide bonds. The summed E-state index contributed by atoms with van der Waals surface area (Å²) in [6, 6.07) is 0. The van der Waals surface area contributed by atoms with E-state index < -0.39 is 5.41 Å². The van der Waals surface area contributed by atoms with Crippen molar-refractivity contribution in [2.45, 2.75) is 58.8 Å². The van der Waals surface area contributed by atoms with E-state index >= 15 is 0 Å². The first kappa shape index (κ1) is 15.2. The summed E-state index contributed by atoms with van der Waals surface area (Å²) >= 11 is 1.52. The molecule has 0 aliphatic heterocycles. The molecule has 0 aromatic carbocycles. The first-order chi connectivity index (χ1) is 8.50. The zero-order valence-corrected chi connectivity index (χ0v) is 12.6. The van der Waals surface area contributed by atoms with E-state index in [-0.39, 0.29) is 5.97 Å². The second-order valence-corrected chi connectivity index (χ2v) is 5.94. The minimum atomic E-state index is -0.587. The highest BCUT2D eigenvalue weighted by atomic mass is 32.1. The van der Waals surface area contributed by atoms with Gasteiger partial charge in [0.05, 0.1) is 23.2 Å². The van der Waals surface area contributed by atoms with E-state index in [2.05, 4.69) is 11.9 Å². The van der Waals surface area contributed by atoms with Gasteiger partial charge in [-0.15, -0.1) is 11.3 Å². The highest BCUT2D eigenvalue weighted by molar-refractivity contribution is 7.10. The standard InChI is InChI=1S/C14H23NO2S/c1-5-6-7-8-9-17-13(16)14(3,4)12-11(2)15-10-18-12/h10H,5-9H2,1-4H3. The monoisotopic (exact) mass is 269 g/mol.